The number of aromatic nitrogens is 2. The molecular weight excluding hydrogens is 540 g/mol. The van der Waals surface area contributed by atoms with Gasteiger partial charge >= 0.3 is 0 Å². The van der Waals surface area contributed by atoms with Crippen molar-refractivity contribution in [3.63, 3.8) is 0 Å². The van der Waals surface area contributed by atoms with Gasteiger partial charge in [-0.15, -0.1) is 11.3 Å². The van der Waals surface area contributed by atoms with Gasteiger partial charge in [-0.1, -0.05) is 12.1 Å². The number of carbonyl (C=O) groups is 1. The Morgan fingerprint density at radius 3 is 2.33 bits per heavy atom. The molecule has 2 N–H and O–H groups in total. The van der Waals surface area contributed by atoms with Crippen LogP contribution in [-0.2, 0) is 21.3 Å². The van der Waals surface area contributed by atoms with Gasteiger partial charge in [-0.05, 0) is 47.5 Å². The quantitative estimate of drug-likeness (QED) is 0.309. The number of carbonyl (C=O) groups excluding carboxylic acids is 1. The topological polar surface area (TPSA) is 128 Å². The maximum absolute atomic E-state index is 13.4. The Balaban J connectivity index is 1.21. The molecule has 2 aromatic heterocycles. The molecule has 1 aromatic carbocycles. The zero-order chi connectivity index (χ0) is 27.4. The van der Waals surface area contributed by atoms with E-state index < -0.39 is 15.9 Å². The lowest BCUT2D eigenvalue weighted by Crippen LogP contribution is -2.49. The zero-order valence-corrected chi connectivity index (χ0v) is 23.3. The lowest BCUT2D eigenvalue weighted by Gasteiger charge is -2.34. The van der Waals surface area contributed by atoms with Gasteiger partial charge in [-0.25, -0.2) is 23.9 Å². The number of piperazine rings is 1. The molecule has 0 spiro atoms. The SMILES string of the molecule is COC1CCN(Cc2sccc2-c2ccc(S(=O)(=O)N3CCN(c4ncc(C(=O)NO)cn4)CC3)cc2)CC1. The number of hydrogen-bond acceptors (Lipinski definition) is 10. The minimum atomic E-state index is -3.65. The fraction of sp³-hybridized carbons (Fsp3) is 0.423. The normalized spacial score (nSPS) is 17.8. The molecule has 5 rings (SSSR count). The zero-order valence-electron chi connectivity index (χ0n) is 21.7. The minimum Gasteiger partial charge on any atom is -0.381 e. The van der Waals surface area contributed by atoms with Gasteiger partial charge in [0.2, 0.25) is 16.0 Å². The summed E-state index contributed by atoms with van der Waals surface area (Å²) < 4.78 is 33.7. The van der Waals surface area contributed by atoms with Gasteiger partial charge in [0.1, 0.15) is 0 Å². The fourth-order valence-corrected chi connectivity index (χ4v) is 7.34. The Morgan fingerprint density at radius 2 is 1.72 bits per heavy atom. The van der Waals surface area contributed by atoms with Gasteiger partial charge in [0.15, 0.2) is 0 Å². The number of amides is 1. The van der Waals surface area contributed by atoms with E-state index in [-0.39, 0.29) is 10.5 Å². The summed E-state index contributed by atoms with van der Waals surface area (Å²) in [7, 11) is -1.87. The van der Waals surface area contributed by atoms with Gasteiger partial charge in [0, 0.05) is 70.2 Å². The number of likely N-dealkylation sites (tertiary alicyclic amines) is 1. The molecule has 13 heteroatoms. The van der Waals surface area contributed by atoms with Gasteiger partial charge in [0.05, 0.1) is 16.6 Å². The second-order valence-electron chi connectivity index (χ2n) is 9.60. The van der Waals surface area contributed by atoms with E-state index in [1.807, 2.05) is 17.0 Å². The highest BCUT2D eigenvalue weighted by Crippen LogP contribution is 2.31. The standard InChI is InChI=1S/C26H32N6O5S2/c1-37-21-6-9-30(10-7-21)18-24-23(8-15-38-24)19-2-4-22(5-3-19)39(35,36)32-13-11-31(12-14-32)26-27-16-20(17-28-26)25(33)29-34/h2-5,8,15-17,21,34H,6-7,9-14,18H2,1H3,(H,29,33). The average Bonchev–Trinajstić information content (AvgIpc) is 3.45. The maximum Gasteiger partial charge on any atom is 0.277 e. The Kier molecular flexibility index (Phi) is 8.54. The van der Waals surface area contributed by atoms with Crippen molar-refractivity contribution in [2.75, 3.05) is 51.3 Å². The molecule has 2 aliphatic rings. The van der Waals surface area contributed by atoms with Crippen molar-refractivity contribution in [3.8, 4) is 11.1 Å². The van der Waals surface area contributed by atoms with Crippen LogP contribution in [0.4, 0.5) is 5.95 Å². The van der Waals surface area contributed by atoms with Gasteiger partial charge in [-0.2, -0.15) is 4.31 Å². The smallest absolute Gasteiger partial charge is 0.277 e. The van der Waals surface area contributed by atoms with Crippen molar-refractivity contribution in [3.05, 3.63) is 58.5 Å². The molecule has 2 saturated heterocycles. The molecule has 2 aliphatic heterocycles. The molecular formula is C26H32N6O5S2. The predicted molar refractivity (Wildman–Crippen MR) is 147 cm³/mol. The minimum absolute atomic E-state index is 0.132. The highest BCUT2D eigenvalue weighted by molar-refractivity contribution is 7.89. The number of sulfonamides is 1. The lowest BCUT2D eigenvalue weighted by molar-refractivity contribution is 0.0392. The van der Waals surface area contributed by atoms with E-state index in [9.17, 15) is 13.2 Å². The monoisotopic (exact) mass is 572 g/mol. The Hall–Kier alpha value is -2.94. The molecule has 1 amide bonds. The summed E-state index contributed by atoms with van der Waals surface area (Å²) in [5.74, 6) is -0.290. The molecule has 0 saturated carbocycles. The highest BCUT2D eigenvalue weighted by atomic mass is 32.2. The van der Waals surface area contributed by atoms with Gasteiger partial charge in [0.25, 0.3) is 5.91 Å². The number of hydrogen-bond donors (Lipinski definition) is 2. The number of nitrogens with zero attached hydrogens (tertiary/aromatic N) is 5. The first kappa shape index (κ1) is 27.6. The van der Waals surface area contributed by atoms with Gasteiger partial charge in [-0.3, -0.25) is 14.9 Å². The second kappa shape index (κ2) is 12.1. The van der Waals surface area contributed by atoms with Crippen molar-refractivity contribution in [1.82, 2.24) is 24.7 Å². The summed E-state index contributed by atoms with van der Waals surface area (Å²) in [5, 5.41) is 10.8. The maximum atomic E-state index is 13.4. The molecule has 3 aromatic rings. The molecule has 39 heavy (non-hydrogen) atoms. The number of methoxy groups -OCH3 is 1. The third-order valence-corrected chi connectivity index (χ3v) is 10.1. The number of benzene rings is 1. The largest absolute Gasteiger partial charge is 0.381 e. The van der Waals surface area contributed by atoms with E-state index in [2.05, 4.69) is 26.3 Å². The summed E-state index contributed by atoms with van der Waals surface area (Å²) >= 11 is 1.73. The Labute approximate surface area is 232 Å². The van der Waals surface area contributed by atoms with E-state index in [0.717, 1.165) is 43.6 Å². The number of nitrogens with one attached hydrogen (secondary N) is 1. The van der Waals surface area contributed by atoms with Crippen molar-refractivity contribution in [1.29, 1.82) is 0 Å². The van der Waals surface area contributed by atoms with Crippen LogP contribution < -0.4 is 10.4 Å². The number of thiophene rings is 1. The van der Waals surface area contributed by atoms with Crippen LogP contribution in [0.25, 0.3) is 11.1 Å². The first-order chi connectivity index (χ1) is 18.9. The summed E-state index contributed by atoms with van der Waals surface area (Å²) in [6.45, 7) is 4.33. The summed E-state index contributed by atoms with van der Waals surface area (Å²) in [6.07, 6.45) is 5.08. The van der Waals surface area contributed by atoms with Crippen LogP contribution in [0.2, 0.25) is 0 Å². The van der Waals surface area contributed by atoms with Crippen molar-refractivity contribution in [2.24, 2.45) is 0 Å². The van der Waals surface area contributed by atoms with Crippen molar-refractivity contribution < 1.29 is 23.2 Å². The van der Waals surface area contributed by atoms with Gasteiger partial charge < -0.3 is 9.64 Å². The molecule has 0 atom stereocenters. The van der Waals surface area contributed by atoms with Crippen LogP contribution in [0.1, 0.15) is 28.1 Å². The van der Waals surface area contributed by atoms with Crippen LogP contribution in [0.5, 0.6) is 0 Å². The number of hydroxylamine groups is 1. The van der Waals surface area contributed by atoms with Crippen molar-refractivity contribution >= 4 is 33.2 Å². The second-order valence-corrected chi connectivity index (χ2v) is 12.5. The third-order valence-electron chi connectivity index (χ3n) is 7.31. The number of rotatable bonds is 8. The summed E-state index contributed by atoms with van der Waals surface area (Å²) in [6, 6.07) is 9.27. The van der Waals surface area contributed by atoms with Crippen LogP contribution in [0.3, 0.4) is 0 Å². The van der Waals surface area contributed by atoms with E-state index in [1.165, 1.54) is 21.6 Å². The molecule has 11 nitrogen and oxygen atoms in total. The third kappa shape index (κ3) is 6.13. The van der Waals surface area contributed by atoms with E-state index in [0.29, 0.717) is 38.2 Å². The Bertz CT molecular complexity index is 1360. The first-order valence-corrected chi connectivity index (χ1v) is 15.1. The van der Waals surface area contributed by atoms with Crippen LogP contribution >= 0.6 is 11.3 Å². The highest BCUT2D eigenvalue weighted by Gasteiger charge is 2.29. The number of ether oxygens (including phenoxy) is 1. The first-order valence-electron chi connectivity index (χ1n) is 12.8. The summed E-state index contributed by atoms with van der Waals surface area (Å²) in [4.78, 5) is 25.7. The van der Waals surface area contributed by atoms with E-state index >= 15 is 0 Å². The molecule has 2 fully saturated rings. The predicted octanol–water partition coefficient (Wildman–Crippen LogP) is 2.45. The molecule has 0 unspecified atom stereocenters. The Morgan fingerprint density at radius 1 is 1.05 bits per heavy atom. The average molecular weight is 573 g/mol. The molecule has 0 aliphatic carbocycles. The van der Waals surface area contributed by atoms with E-state index in [4.69, 9.17) is 9.94 Å². The van der Waals surface area contributed by atoms with Crippen LogP contribution in [-0.4, -0.2) is 91.2 Å². The number of piperidine rings is 1. The fourth-order valence-electron chi connectivity index (χ4n) is 4.98. The van der Waals surface area contributed by atoms with Crippen LogP contribution in [0.15, 0.2) is 53.0 Å². The lowest BCUT2D eigenvalue weighted by atomic mass is 10.0. The van der Waals surface area contributed by atoms with Crippen molar-refractivity contribution in [2.45, 2.75) is 30.4 Å². The van der Waals surface area contributed by atoms with Crippen LogP contribution in [0, 0.1) is 0 Å². The summed E-state index contributed by atoms with van der Waals surface area (Å²) in [5.41, 5.74) is 3.83. The molecule has 0 bridgehead atoms. The molecule has 4 heterocycles. The number of anilines is 1. The molecule has 0 radical (unpaired) electrons. The molecule has 208 valence electrons. The van der Waals surface area contributed by atoms with E-state index in [1.54, 1.807) is 36.1 Å².